The van der Waals surface area contributed by atoms with Gasteiger partial charge in [-0.1, -0.05) is 71.8 Å². The Kier molecular flexibility index (Phi) is 6.61. The molecule has 3 aromatic rings. The van der Waals surface area contributed by atoms with Crippen LogP contribution < -0.4 is 4.90 Å². The van der Waals surface area contributed by atoms with Crippen molar-refractivity contribution >= 4 is 40.9 Å². The molecule has 45 heavy (non-hydrogen) atoms. The molecular weight excluding hydrogens is 595 g/mol. The topological polar surface area (TPSA) is 95.0 Å². The number of imide groups is 2. The largest absolute Gasteiger partial charge is 0.505 e. The first-order valence-corrected chi connectivity index (χ1v) is 15.5. The number of phenols is 1. The van der Waals surface area contributed by atoms with E-state index in [1.165, 1.54) is 11.0 Å². The number of phenolic OH excluding ortho intramolecular Hbond substituents is 1. The number of hydrogen-bond donors (Lipinski definition) is 1. The van der Waals surface area contributed by atoms with Crippen LogP contribution in [0.25, 0.3) is 0 Å². The summed E-state index contributed by atoms with van der Waals surface area (Å²) in [6.07, 6.45) is 2.25. The van der Waals surface area contributed by atoms with Crippen LogP contribution in [0.3, 0.4) is 0 Å². The molecular formula is C36H32ClFN2O5. The SMILES string of the molecule is CC(C)(C)N1C(=O)C2CC=C3C(CC4C(=O)N(c5cccc(Cl)c5)C(=O)C4(c4ccccc4)C3c3cccc(F)c3O)C2C1=O. The lowest BCUT2D eigenvalue weighted by Gasteiger charge is -2.50. The third-order valence-corrected chi connectivity index (χ3v) is 10.4. The molecule has 1 N–H and O–H groups in total. The Labute approximate surface area is 265 Å². The van der Waals surface area contributed by atoms with Gasteiger partial charge in [-0.15, -0.1) is 0 Å². The fraction of sp³-hybridized carbons (Fsp3) is 0.333. The van der Waals surface area contributed by atoms with Gasteiger partial charge in [0.25, 0.3) is 0 Å². The number of allylic oxidation sites excluding steroid dienone is 2. The zero-order valence-corrected chi connectivity index (χ0v) is 25.8. The maximum Gasteiger partial charge on any atom is 0.246 e. The van der Waals surface area contributed by atoms with Crippen LogP contribution in [0.5, 0.6) is 5.75 Å². The Morgan fingerprint density at radius 1 is 0.889 bits per heavy atom. The molecule has 0 spiro atoms. The van der Waals surface area contributed by atoms with Crippen molar-refractivity contribution in [2.75, 3.05) is 4.90 Å². The molecule has 2 aliphatic carbocycles. The molecule has 7 nitrogen and oxygen atoms in total. The van der Waals surface area contributed by atoms with Crippen molar-refractivity contribution in [1.82, 2.24) is 4.90 Å². The number of rotatable bonds is 3. The summed E-state index contributed by atoms with van der Waals surface area (Å²) in [5.74, 6) is -7.02. The quantitative estimate of drug-likeness (QED) is 0.278. The van der Waals surface area contributed by atoms with E-state index in [4.69, 9.17) is 11.6 Å². The normalized spacial score (nSPS) is 29.4. The van der Waals surface area contributed by atoms with Gasteiger partial charge >= 0.3 is 0 Å². The minimum absolute atomic E-state index is 0.118. The van der Waals surface area contributed by atoms with E-state index in [0.29, 0.717) is 21.8 Å². The number of benzene rings is 3. The third-order valence-electron chi connectivity index (χ3n) is 10.2. The summed E-state index contributed by atoms with van der Waals surface area (Å²) in [6, 6.07) is 19.6. The summed E-state index contributed by atoms with van der Waals surface area (Å²) in [5.41, 5.74) is -0.698. The van der Waals surface area contributed by atoms with Crippen LogP contribution in [0.4, 0.5) is 10.1 Å². The van der Waals surface area contributed by atoms with Gasteiger partial charge in [0.05, 0.1) is 28.9 Å². The smallest absolute Gasteiger partial charge is 0.246 e. The predicted octanol–water partition coefficient (Wildman–Crippen LogP) is 6.15. The highest BCUT2D eigenvalue weighted by molar-refractivity contribution is 6.32. The first kappa shape index (κ1) is 29.4. The Hall–Kier alpha value is -4.30. The highest BCUT2D eigenvalue weighted by atomic mass is 35.5. The molecule has 2 saturated heterocycles. The Bertz CT molecular complexity index is 1820. The second-order valence-electron chi connectivity index (χ2n) is 13.5. The summed E-state index contributed by atoms with van der Waals surface area (Å²) < 4.78 is 15.1. The van der Waals surface area contributed by atoms with Crippen LogP contribution in [0, 0.1) is 29.5 Å². The number of hydrogen-bond acceptors (Lipinski definition) is 5. The summed E-state index contributed by atoms with van der Waals surface area (Å²) in [5, 5.41) is 11.6. The van der Waals surface area contributed by atoms with Crippen LogP contribution >= 0.6 is 11.6 Å². The van der Waals surface area contributed by atoms with Gasteiger partial charge in [-0.3, -0.25) is 24.1 Å². The molecule has 4 aliphatic rings. The average molecular weight is 627 g/mol. The molecule has 0 aromatic heterocycles. The Balaban J connectivity index is 1.51. The van der Waals surface area contributed by atoms with Gasteiger partial charge in [-0.05, 0) is 69.4 Å². The van der Waals surface area contributed by atoms with Gasteiger partial charge in [0.15, 0.2) is 11.6 Å². The molecule has 3 aromatic carbocycles. The average Bonchev–Trinajstić information content (AvgIpc) is 3.40. The molecule has 2 heterocycles. The van der Waals surface area contributed by atoms with Gasteiger partial charge in [0, 0.05) is 22.0 Å². The molecule has 7 rings (SSSR count). The van der Waals surface area contributed by atoms with Crippen molar-refractivity contribution in [3.63, 3.8) is 0 Å². The first-order valence-electron chi connectivity index (χ1n) is 15.1. The summed E-state index contributed by atoms with van der Waals surface area (Å²) in [4.78, 5) is 60.0. The van der Waals surface area contributed by atoms with Gasteiger partial charge in [-0.2, -0.15) is 0 Å². The van der Waals surface area contributed by atoms with Crippen LogP contribution in [0.2, 0.25) is 5.02 Å². The van der Waals surface area contributed by atoms with Crippen molar-refractivity contribution < 1.29 is 28.7 Å². The fourth-order valence-electron chi connectivity index (χ4n) is 8.51. The Morgan fingerprint density at radius 3 is 2.29 bits per heavy atom. The van der Waals surface area contributed by atoms with Crippen LogP contribution in [0.1, 0.15) is 50.7 Å². The van der Waals surface area contributed by atoms with Crippen molar-refractivity contribution in [3.8, 4) is 5.75 Å². The van der Waals surface area contributed by atoms with E-state index < -0.39 is 63.9 Å². The van der Waals surface area contributed by atoms with Crippen molar-refractivity contribution in [3.05, 3.63) is 106 Å². The maximum atomic E-state index is 15.1. The number of carbonyl (C=O) groups excluding carboxylic acids is 4. The van der Waals surface area contributed by atoms with E-state index in [9.17, 15) is 19.5 Å². The lowest BCUT2D eigenvalue weighted by Crippen LogP contribution is -2.53. The second kappa shape index (κ2) is 10.1. The van der Waals surface area contributed by atoms with E-state index in [-0.39, 0.29) is 30.2 Å². The van der Waals surface area contributed by atoms with Gasteiger partial charge in [-0.25, -0.2) is 9.29 Å². The second-order valence-corrected chi connectivity index (χ2v) is 13.9. The molecule has 6 unspecified atom stereocenters. The summed E-state index contributed by atoms with van der Waals surface area (Å²) in [7, 11) is 0. The number of carbonyl (C=O) groups is 4. The molecule has 2 aliphatic heterocycles. The van der Waals surface area contributed by atoms with Crippen LogP contribution in [-0.2, 0) is 24.6 Å². The molecule has 6 atom stereocenters. The predicted molar refractivity (Wildman–Crippen MR) is 166 cm³/mol. The number of aromatic hydroxyl groups is 1. The number of fused-ring (bicyclic) bond motifs is 4. The van der Waals surface area contributed by atoms with Gasteiger partial charge in [0.2, 0.25) is 23.6 Å². The molecule has 3 fully saturated rings. The number of likely N-dealkylation sites (tertiary alicyclic amines) is 1. The van der Waals surface area contributed by atoms with E-state index in [0.717, 1.165) is 11.0 Å². The zero-order valence-electron chi connectivity index (χ0n) is 25.0. The molecule has 0 radical (unpaired) electrons. The van der Waals surface area contributed by atoms with E-state index >= 15 is 9.18 Å². The van der Waals surface area contributed by atoms with Crippen LogP contribution in [-0.4, -0.2) is 39.2 Å². The molecule has 0 bridgehead atoms. The van der Waals surface area contributed by atoms with E-state index in [2.05, 4.69) is 0 Å². The molecule has 230 valence electrons. The monoisotopic (exact) mass is 626 g/mol. The Morgan fingerprint density at radius 2 is 1.60 bits per heavy atom. The standard InChI is InChI=1S/C36H32ClFN2O5/c1-35(2,3)40-31(42)23-16-15-22-25(28(23)33(40)44)18-26-32(43)39(21-12-7-11-20(37)17-21)34(45)36(26,19-9-5-4-6-10-19)29(22)24-13-8-14-27(38)30(24)41/h4-15,17,23,25-26,28-29,41H,16,18H2,1-3H3. The number of nitrogens with zero attached hydrogens (tertiary/aromatic N) is 2. The number of halogens is 2. The van der Waals surface area contributed by atoms with Crippen molar-refractivity contribution in [2.45, 2.75) is 50.5 Å². The third kappa shape index (κ3) is 4.00. The molecule has 1 saturated carbocycles. The van der Waals surface area contributed by atoms with Gasteiger partial charge in [0.1, 0.15) is 0 Å². The number of anilines is 1. The lowest BCUT2D eigenvalue weighted by molar-refractivity contribution is -0.145. The number of amides is 4. The highest BCUT2D eigenvalue weighted by Crippen LogP contribution is 2.65. The van der Waals surface area contributed by atoms with Crippen LogP contribution in [0.15, 0.2) is 84.4 Å². The number of para-hydroxylation sites is 1. The van der Waals surface area contributed by atoms with E-state index in [1.54, 1.807) is 60.7 Å². The molecule has 4 amide bonds. The summed E-state index contributed by atoms with van der Waals surface area (Å²) in [6.45, 7) is 5.43. The van der Waals surface area contributed by atoms with Crippen molar-refractivity contribution in [1.29, 1.82) is 0 Å². The zero-order chi connectivity index (χ0) is 32.0. The van der Waals surface area contributed by atoms with Crippen molar-refractivity contribution in [2.24, 2.45) is 23.7 Å². The first-order chi connectivity index (χ1) is 21.4. The lowest BCUT2D eigenvalue weighted by atomic mass is 9.49. The summed E-state index contributed by atoms with van der Waals surface area (Å²) >= 11 is 6.32. The minimum Gasteiger partial charge on any atom is -0.505 e. The van der Waals surface area contributed by atoms with E-state index in [1.807, 2.05) is 26.8 Å². The minimum atomic E-state index is -1.59. The highest BCUT2D eigenvalue weighted by Gasteiger charge is 2.70. The maximum absolute atomic E-state index is 15.1. The fourth-order valence-corrected chi connectivity index (χ4v) is 8.70. The van der Waals surface area contributed by atoms with Gasteiger partial charge < -0.3 is 5.11 Å². The molecule has 9 heteroatoms.